The van der Waals surface area contributed by atoms with Gasteiger partial charge in [0.2, 0.25) is 0 Å². The average molecular weight is 527 g/mol. The van der Waals surface area contributed by atoms with E-state index in [0.717, 1.165) is 37.6 Å². The monoisotopic (exact) mass is 527 g/mol. The highest BCUT2D eigenvalue weighted by Gasteiger charge is 2.25. The molecule has 1 fully saturated rings. The molecule has 1 unspecified atom stereocenters. The van der Waals surface area contributed by atoms with Crippen molar-refractivity contribution in [2.24, 2.45) is 4.99 Å². The first kappa shape index (κ1) is 24.2. The van der Waals surface area contributed by atoms with E-state index in [2.05, 4.69) is 32.7 Å². The number of halogens is 2. The quantitative estimate of drug-likeness (QED) is 0.328. The SMILES string of the molecule is CN=C(NCCc1ccc(OC(C)C)cc1)NC1CCN(c2ncccc2F)C1.I. The number of aromatic nitrogens is 1. The number of nitrogens with one attached hydrogen (secondary N) is 2. The molecule has 30 heavy (non-hydrogen) atoms. The molecule has 1 aromatic carbocycles. The minimum Gasteiger partial charge on any atom is -0.491 e. The molecule has 2 aromatic rings. The maximum atomic E-state index is 13.9. The third-order valence-electron chi connectivity index (χ3n) is 4.79. The molecule has 1 aliphatic rings. The van der Waals surface area contributed by atoms with E-state index in [-0.39, 0.29) is 41.9 Å². The predicted molar refractivity (Wildman–Crippen MR) is 131 cm³/mol. The van der Waals surface area contributed by atoms with Gasteiger partial charge in [-0.3, -0.25) is 4.99 Å². The Morgan fingerprint density at radius 2 is 2.07 bits per heavy atom. The summed E-state index contributed by atoms with van der Waals surface area (Å²) in [4.78, 5) is 10.5. The van der Waals surface area contributed by atoms with Crippen LogP contribution in [0.5, 0.6) is 5.75 Å². The molecule has 164 valence electrons. The van der Waals surface area contributed by atoms with Crippen LogP contribution in [-0.4, -0.2) is 49.8 Å². The van der Waals surface area contributed by atoms with Gasteiger partial charge in [0, 0.05) is 38.9 Å². The largest absolute Gasteiger partial charge is 0.491 e. The summed E-state index contributed by atoms with van der Waals surface area (Å²) in [6, 6.07) is 11.5. The van der Waals surface area contributed by atoms with Crippen LogP contribution in [0.15, 0.2) is 47.6 Å². The lowest BCUT2D eigenvalue weighted by atomic mass is 10.1. The van der Waals surface area contributed by atoms with Crippen LogP contribution in [0.4, 0.5) is 10.2 Å². The maximum Gasteiger partial charge on any atom is 0.191 e. The van der Waals surface area contributed by atoms with Gasteiger partial charge in [-0.1, -0.05) is 12.1 Å². The van der Waals surface area contributed by atoms with Crippen LogP contribution >= 0.6 is 24.0 Å². The Morgan fingerprint density at radius 3 is 2.73 bits per heavy atom. The van der Waals surface area contributed by atoms with E-state index in [9.17, 15) is 4.39 Å². The van der Waals surface area contributed by atoms with Crippen molar-refractivity contribution in [2.45, 2.75) is 38.8 Å². The van der Waals surface area contributed by atoms with Crippen LogP contribution in [0.25, 0.3) is 0 Å². The molecule has 1 saturated heterocycles. The number of hydrogen-bond donors (Lipinski definition) is 2. The van der Waals surface area contributed by atoms with E-state index in [1.165, 1.54) is 11.6 Å². The van der Waals surface area contributed by atoms with E-state index < -0.39 is 0 Å². The highest BCUT2D eigenvalue weighted by molar-refractivity contribution is 14.0. The van der Waals surface area contributed by atoms with Crippen molar-refractivity contribution in [3.05, 3.63) is 54.0 Å². The Morgan fingerprint density at radius 1 is 1.30 bits per heavy atom. The Kier molecular flexibility index (Phi) is 9.61. The summed E-state index contributed by atoms with van der Waals surface area (Å²) < 4.78 is 19.6. The normalized spacial score (nSPS) is 16.4. The molecule has 3 rings (SSSR count). The highest BCUT2D eigenvalue weighted by Crippen LogP contribution is 2.20. The van der Waals surface area contributed by atoms with E-state index in [1.54, 1.807) is 19.3 Å². The first-order valence-electron chi connectivity index (χ1n) is 10.1. The number of nitrogens with zero attached hydrogens (tertiary/aromatic N) is 3. The zero-order chi connectivity index (χ0) is 20.6. The molecule has 8 heteroatoms. The molecule has 0 saturated carbocycles. The second-order valence-corrected chi connectivity index (χ2v) is 7.44. The van der Waals surface area contributed by atoms with Crippen LogP contribution in [0, 0.1) is 5.82 Å². The predicted octanol–water partition coefficient (Wildman–Crippen LogP) is 3.61. The van der Waals surface area contributed by atoms with Gasteiger partial charge in [0.25, 0.3) is 0 Å². The van der Waals surface area contributed by atoms with Gasteiger partial charge >= 0.3 is 0 Å². The third kappa shape index (κ3) is 7.00. The molecule has 1 aromatic heterocycles. The number of rotatable bonds is 7. The van der Waals surface area contributed by atoms with Crippen LogP contribution < -0.4 is 20.3 Å². The molecule has 1 aliphatic heterocycles. The summed E-state index contributed by atoms with van der Waals surface area (Å²) in [5.74, 6) is 1.80. The number of anilines is 1. The molecule has 0 spiro atoms. The first-order chi connectivity index (χ1) is 14.0. The van der Waals surface area contributed by atoms with Crippen molar-refractivity contribution in [3.63, 3.8) is 0 Å². The molecular formula is C22H31FIN5O. The molecule has 0 bridgehead atoms. The fraction of sp³-hybridized carbons (Fsp3) is 0.455. The molecule has 2 N–H and O–H groups in total. The van der Waals surface area contributed by atoms with E-state index in [4.69, 9.17) is 4.74 Å². The number of benzene rings is 1. The minimum atomic E-state index is -0.277. The highest BCUT2D eigenvalue weighted by atomic mass is 127. The number of pyridine rings is 1. The van der Waals surface area contributed by atoms with Gasteiger partial charge in [-0.25, -0.2) is 9.37 Å². The minimum absolute atomic E-state index is 0. The second kappa shape index (κ2) is 11.9. The zero-order valence-corrected chi connectivity index (χ0v) is 20.1. The average Bonchev–Trinajstić information content (AvgIpc) is 3.16. The van der Waals surface area contributed by atoms with E-state index in [0.29, 0.717) is 12.4 Å². The molecule has 1 atom stereocenters. The van der Waals surface area contributed by atoms with E-state index >= 15 is 0 Å². The number of aliphatic imine (C=N–C) groups is 1. The van der Waals surface area contributed by atoms with Crippen LogP contribution in [0.1, 0.15) is 25.8 Å². The fourth-order valence-corrected chi connectivity index (χ4v) is 3.40. The Balaban J connectivity index is 0.00000320. The van der Waals surface area contributed by atoms with Crippen molar-refractivity contribution >= 4 is 35.8 Å². The molecule has 2 heterocycles. The van der Waals surface area contributed by atoms with Gasteiger partial charge < -0.3 is 20.3 Å². The molecule has 0 amide bonds. The third-order valence-corrected chi connectivity index (χ3v) is 4.79. The van der Waals surface area contributed by atoms with Gasteiger partial charge in [-0.05, 0) is 56.5 Å². The summed E-state index contributed by atoms with van der Waals surface area (Å²) in [7, 11) is 1.76. The first-order valence-corrected chi connectivity index (χ1v) is 10.1. The Labute approximate surface area is 195 Å². The van der Waals surface area contributed by atoms with Gasteiger partial charge in [-0.2, -0.15) is 0 Å². The Hall–Kier alpha value is -2.10. The molecule has 6 nitrogen and oxygen atoms in total. The lowest BCUT2D eigenvalue weighted by Gasteiger charge is -2.20. The number of hydrogen-bond acceptors (Lipinski definition) is 4. The number of guanidine groups is 1. The smallest absolute Gasteiger partial charge is 0.191 e. The fourth-order valence-electron chi connectivity index (χ4n) is 3.40. The lowest BCUT2D eigenvalue weighted by Crippen LogP contribution is -2.45. The molecule has 0 aliphatic carbocycles. The van der Waals surface area contributed by atoms with Crippen molar-refractivity contribution in [2.75, 3.05) is 31.6 Å². The summed E-state index contributed by atoms with van der Waals surface area (Å²) in [5, 5.41) is 6.79. The van der Waals surface area contributed by atoms with Crippen LogP contribution in [-0.2, 0) is 6.42 Å². The Bertz CT molecular complexity index is 815. The standard InChI is InChI=1S/C22H30FN5O.HI/c1-16(2)29-19-8-6-17(7-9-19)10-13-26-22(24-3)27-18-11-14-28(15-18)21-20(23)5-4-12-25-21;/h4-9,12,16,18H,10-11,13-15H2,1-3H3,(H2,24,26,27);1H. The van der Waals surface area contributed by atoms with Crippen molar-refractivity contribution in [1.29, 1.82) is 0 Å². The maximum absolute atomic E-state index is 13.9. The zero-order valence-electron chi connectivity index (χ0n) is 17.8. The molecule has 0 radical (unpaired) electrons. The van der Waals surface area contributed by atoms with Crippen molar-refractivity contribution < 1.29 is 9.13 Å². The topological polar surface area (TPSA) is 61.8 Å². The van der Waals surface area contributed by atoms with Gasteiger partial charge in [0.05, 0.1) is 6.10 Å². The lowest BCUT2D eigenvalue weighted by molar-refractivity contribution is 0.242. The van der Waals surface area contributed by atoms with E-state index in [1.807, 2.05) is 30.9 Å². The van der Waals surface area contributed by atoms with Gasteiger partial charge in [0.15, 0.2) is 17.6 Å². The van der Waals surface area contributed by atoms with Crippen molar-refractivity contribution in [3.8, 4) is 5.75 Å². The molecular weight excluding hydrogens is 496 g/mol. The van der Waals surface area contributed by atoms with Crippen LogP contribution in [0.3, 0.4) is 0 Å². The van der Waals surface area contributed by atoms with Crippen LogP contribution in [0.2, 0.25) is 0 Å². The summed E-state index contributed by atoms with van der Waals surface area (Å²) in [5.41, 5.74) is 1.24. The summed E-state index contributed by atoms with van der Waals surface area (Å²) in [6.45, 7) is 6.29. The second-order valence-electron chi connectivity index (χ2n) is 7.44. The number of ether oxygens (including phenoxy) is 1. The van der Waals surface area contributed by atoms with Crippen molar-refractivity contribution in [1.82, 2.24) is 15.6 Å². The summed E-state index contributed by atoms with van der Waals surface area (Å²) in [6.07, 6.45) is 3.60. The van der Waals surface area contributed by atoms with Gasteiger partial charge in [0.1, 0.15) is 5.75 Å². The van der Waals surface area contributed by atoms with Gasteiger partial charge in [-0.15, -0.1) is 24.0 Å². The summed E-state index contributed by atoms with van der Waals surface area (Å²) >= 11 is 0.